The molecule has 1 aromatic carbocycles. The Kier molecular flexibility index (Phi) is 8.18. The van der Waals surface area contributed by atoms with Gasteiger partial charge in [-0.1, -0.05) is 12.2 Å². The SMILES string of the molecule is C/C=C/CCNC(=NC)NC1CCCN(c2ccc(OC(F)F)cc2)C1. The summed E-state index contributed by atoms with van der Waals surface area (Å²) in [6, 6.07) is 7.10. The lowest BCUT2D eigenvalue weighted by atomic mass is 10.0. The highest BCUT2D eigenvalue weighted by molar-refractivity contribution is 5.80. The van der Waals surface area contributed by atoms with Crippen LogP contribution in [-0.4, -0.2) is 45.3 Å². The van der Waals surface area contributed by atoms with E-state index < -0.39 is 6.61 Å². The third kappa shape index (κ3) is 6.54. The largest absolute Gasteiger partial charge is 0.435 e. The van der Waals surface area contributed by atoms with E-state index in [-0.39, 0.29) is 11.8 Å². The number of nitrogens with zero attached hydrogens (tertiary/aromatic N) is 2. The standard InChI is InChI=1S/C19H28F2N4O/c1-3-4-5-12-23-19(22-2)24-15-7-6-13-25(14-15)16-8-10-17(11-9-16)26-18(20)21/h3-4,8-11,15,18H,5-7,12-14H2,1-2H3,(H2,22,23,24)/b4-3+. The number of benzene rings is 1. The molecule has 1 fully saturated rings. The Morgan fingerprint density at radius 2 is 2.15 bits per heavy atom. The molecule has 0 aromatic heterocycles. The van der Waals surface area contributed by atoms with E-state index in [1.54, 1.807) is 19.2 Å². The van der Waals surface area contributed by atoms with Gasteiger partial charge in [0, 0.05) is 38.4 Å². The molecule has 0 amide bonds. The summed E-state index contributed by atoms with van der Waals surface area (Å²) >= 11 is 0. The van der Waals surface area contributed by atoms with Crippen molar-refractivity contribution in [2.24, 2.45) is 4.99 Å². The van der Waals surface area contributed by atoms with Gasteiger partial charge in [0.15, 0.2) is 5.96 Å². The number of alkyl halides is 2. The van der Waals surface area contributed by atoms with Crippen molar-refractivity contribution in [3.63, 3.8) is 0 Å². The number of allylic oxidation sites excluding steroid dienone is 1. The number of anilines is 1. The fourth-order valence-electron chi connectivity index (χ4n) is 3.00. The molecule has 0 spiro atoms. The maximum atomic E-state index is 12.3. The first kappa shape index (κ1) is 20.0. The third-order valence-corrected chi connectivity index (χ3v) is 4.25. The first-order chi connectivity index (χ1) is 12.6. The Morgan fingerprint density at radius 3 is 2.81 bits per heavy atom. The van der Waals surface area contributed by atoms with Gasteiger partial charge in [0.25, 0.3) is 0 Å². The van der Waals surface area contributed by atoms with Crippen LogP contribution in [0.25, 0.3) is 0 Å². The summed E-state index contributed by atoms with van der Waals surface area (Å²) in [5, 5.41) is 6.78. The molecule has 1 unspecified atom stereocenters. The molecule has 1 heterocycles. The van der Waals surface area contributed by atoms with E-state index in [1.807, 2.05) is 25.1 Å². The summed E-state index contributed by atoms with van der Waals surface area (Å²) in [6.07, 6.45) is 7.24. The maximum absolute atomic E-state index is 12.3. The third-order valence-electron chi connectivity index (χ3n) is 4.25. The average Bonchev–Trinajstić information content (AvgIpc) is 2.64. The summed E-state index contributed by atoms with van der Waals surface area (Å²) in [6.45, 7) is 1.84. The van der Waals surface area contributed by atoms with Gasteiger partial charge in [0.05, 0.1) is 0 Å². The molecule has 26 heavy (non-hydrogen) atoms. The number of piperidine rings is 1. The number of nitrogens with one attached hydrogen (secondary N) is 2. The van der Waals surface area contributed by atoms with E-state index >= 15 is 0 Å². The van der Waals surface area contributed by atoms with E-state index in [4.69, 9.17) is 0 Å². The number of aliphatic imine (C=N–C) groups is 1. The number of ether oxygens (including phenoxy) is 1. The van der Waals surface area contributed by atoms with Crippen LogP contribution < -0.4 is 20.3 Å². The Labute approximate surface area is 154 Å². The van der Waals surface area contributed by atoms with Crippen LogP contribution in [0, 0.1) is 0 Å². The van der Waals surface area contributed by atoms with Gasteiger partial charge < -0.3 is 20.3 Å². The number of guanidine groups is 1. The monoisotopic (exact) mass is 366 g/mol. The minimum absolute atomic E-state index is 0.182. The predicted octanol–water partition coefficient (Wildman–Crippen LogP) is 3.39. The predicted molar refractivity (Wildman–Crippen MR) is 102 cm³/mol. The van der Waals surface area contributed by atoms with Gasteiger partial charge in [0.1, 0.15) is 5.75 Å². The molecule has 1 atom stereocenters. The number of hydrogen-bond acceptors (Lipinski definition) is 3. The zero-order valence-electron chi connectivity index (χ0n) is 15.4. The van der Waals surface area contributed by atoms with Crippen molar-refractivity contribution in [1.29, 1.82) is 0 Å². The van der Waals surface area contributed by atoms with E-state index in [0.29, 0.717) is 0 Å². The molecule has 0 saturated carbocycles. The van der Waals surface area contributed by atoms with Crippen LogP contribution in [0.15, 0.2) is 41.4 Å². The molecule has 5 nitrogen and oxygen atoms in total. The average molecular weight is 366 g/mol. The molecule has 2 rings (SSSR count). The first-order valence-electron chi connectivity index (χ1n) is 9.00. The van der Waals surface area contributed by atoms with Crippen molar-refractivity contribution in [1.82, 2.24) is 10.6 Å². The highest BCUT2D eigenvalue weighted by atomic mass is 19.3. The summed E-state index contributed by atoms with van der Waals surface area (Å²) in [5.41, 5.74) is 1.01. The molecule has 2 N–H and O–H groups in total. The van der Waals surface area contributed by atoms with Crippen molar-refractivity contribution in [2.45, 2.75) is 38.8 Å². The van der Waals surface area contributed by atoms with Crippen molar-refractivity contribution in [3.05, 3.63) is 36.4 Å². The fourth-order valence-corrected chi connectivity index (χ4v) is 3.00. The molecule has 0 aliphatic carbocycles. The Bertz CT molecular complexity index is 590. The van der Waals surface area contributed by atoms with Crippen LogP contribution in [-0.2, 0) is 0 Å². The lowest BCUT2D eigenvalue weighted by Crippen LogP contribution is -2.51. The van der Waals surface area contributed by atoms with Gasteiger partial charge in [0.2, 0.25) is 0 Å². The van der Waals surface area contributed by atoms with Crippen LogP contribution in [0.3, 0.4) is 0 Å². The van der Waals surface area contributed by atoms with Gasteiger partial charge in [-0.2, -0.15) is 8.78 Å². The summed E-state index contributed by atoms with van der Waals surface area (Å²) in [7, 11) is 1.77. The second kappa shape index (κ2) is 10.6. The van der Waals surface area contributed by atoms with Crippen molar-refractivity contribution < 1.29 is 13.5 Å². The summed E-state index contributed by atoms with van der Waals surface area (Å²) in [4.78, 5) is 6.53. The second-order valence-corrected chi connectivity index (χ2v) is 6.16. The molecule has 7 heteroatoms. The highest BCUT2D eigenvalue weighted by Crippen LogP contribution is 2.23. The molecule has 1 saturated heterocycles. The molecule has 1 aromatic rings. The normalized spacial score (nSPS) is 18.4. The number of halogens is 2. The summed E-state index contributed by atoms with van der Waals surface area (Å²) < 4.78 is 28.9. The smallest absolute Gasteiger partial charge is 0.387 e. The topological polar surface area (TPSA) is 48.9 Å². The quantitative estimate of drug-likeness (QED) is 0.336. The van der Waals surface area contributed by atoms with Gasteiger partial charge in [-0.25, -0.2) is 0 Å². The minimum Gasteiger partial charge on any atom is -0.435 e. The minimum atomic E-state index is -2.79. The van der Waals surface area contributed by atoms with Crippen LogP contribution in [0.5, 0.6) is 5.75 Å². The molecular weight excluding hydrogens is 338 g/mol. The zero-order chi connectivity index (χ0) is 18.8. The van der Waals surface area contributed by atoms with E-state index in [1.165, 1.54) is 0 Å². The Hall–Kier alpha value is -2.31. The highest BCUT2D eigenvalue weighted by Gasteiger charge is 2.21. The van der Waals surface area contributed by atoms with Crippen molar-refractivity contribution in [2.75, 3.05) is 31.6 Å². The maximum Gasteiger partial charge on any atom is 0.387 e. The van der Waals surface area contributed by atoms with Crippen LogP contribution in [0.1, 0.15) is 26.2 Å². The van der Waals surface area contributed by atoms with Crippen LogP contribution in [0.4, 0.5) is 14.5 Å². The molecule has 0 bridgehead atoms. The molecule has 1 aliphatic rings. The molecule has 1 aliphatic heterocycles. The Balaban J connectivity index is 1.87. The fraction of sp³-hybridized carbons (Fsp3) is 0.526. The van der Waals surface area contributed by atoms with E-state index in [2.05, 4.69) is 31.3 Å². The van der Waals surface area contributed by atoms with E-state index in [9.17, 15) is 8.78 Å². The number of hydrogen-bond donors (Lipinski definition) is 2. The molecular formula is C19H28F2N4O. The Morgan fingerprint density at radius 1 is 1.38 bits per heavy atom. The molecule has 0 radical (unpaired) electrons. The van der Waals surface area contributed by atoms with Gasteiger partial charge >= 0.3 is 6.61 Å². The van der Waals surface area contributed by atoms with Crippen LogP contribution in [0.2, 0.25) is 0 Å². The number of rotatable bonds is 7. The second-order valence-electron chi connectivity index (χ2n) is 6.16. The lowest BCUT2D eigenvalue weighted by molar-refractivity contribution is -0.0498. The van der Waals surface area contributed by atoms with Gasteiger partial charge in [-0.3, -0.25) is 4.99 Å². The van der Waals surface area contributed by atoms with Crippen molar-refractivity contribution >= 4 is 11.6 Å². The van der Waals surface area contributed by atoms with E-state index in [0.717, 1.165) is 50.5 Å². The first-order valence-corrected chi connectivity index (χ1v) is 9.00. The lowest BCUT2D eigenvalue weighted by Gasteiger charge is -2.35. The van der Waals surface area contributed by atoms with Gasteiger partial charge in [-0.05, 0) is 50.5 Å². The van der Waals surface area contributed by atoms with Gasteiger partial charge in [-0.15, -0.1) is 0 Å². The van der Waals surface area contributed by atoms with Crippen LogP contribution >= 0.6 is 0 Å². The van der Waals surface area contributed by atoms with Crippen molar-refractivity contribution in [3.8, 4) is 5.75 Å². The zero-order valence-corrected chi connectivity index (χ0v) is 15.4. The summed E-state index contributed by atoms with van der Waals surface area (Å²) in [5.74, 6) is 0.989. The molecule has 144 valence electrons.